The van der Waals surface area contributed by atoms with Crippen molar-refractivity contribution in [3.63, 3.8) is 0 Å². The Bertz CT molecular complexity index is 394. The molecule has 0 radical (unpaired) electrons. The molecule has 0 aromatic heterocycles. The van der Waals surface area contributed by atoms with Crippen molar-refractivity contribution in [3.8, 4) is 5.75 Å². The first-order valence-corrected chi connectivity index (χ1v) is 6.53. The van der Waals surface area contributed by atoms with Crippen LogP contribution in [0.4, 0.5) is 0 Å². The summed E-state index contributed by atoms with van der Waals surface area (Å²) < 4.78 is 5.37. The molecule has 1 aliphatic rings. The summed E-state index contributed by atoms with van der Waals surface area (Å²) >= 11 is 0. The summed E-state index contributed by atoms with van der Waals surface area (Å²) in [5.74, 6) is 1.77. The van der Waals surface area contributed by atoms with Gasteiger partial charge in [0.05, 0.1) is 7.11 Å². The standard InChI is InChI=1S/C15H23NO/c1-4-5-12-9-15(16,10-12)13-7-6-11(2)14(8-13)17-3/h6-8,12H,4-5,9-10,16H2,1-3H3. The second kappa shape index (κ2) is 4.69. The lowest BCUT2D eigenvalue weighted by Gasteiger charge is -2.45. The van der Waals surface area contributed by atoms with E-state index in [9.17, 15) is 0 Å². The van der Waals surface area contributed by atoms with Gasteiger partial charge in [-0.25, -0.2) is 0 Å². The molecule has 0 amide bonds. The van der Waals surface area contributed by atoms with Crippen LogP contribution < -0.4 is 10.5 Å². The van der Waals surface area contributed by atoms with E-state index in [0.29, 0.717) is 0 Å². The first kappa shape index (κ1) is 12.4. The van der Waals surface area contributed by atoms with Gasteiger partial charge in [0.1, 0.15) is 5.75 Å². The molecule has 1 aromatic carbocycles. The van der Waals surface area contributed by atoms with Crippen LogP contribution in [0.15, 0.2) is 18.2 Å². The molecule has 94 valence electrons. The van der Waals surface area contributed by atoms with Gasteiger partial charge in [0.15, 0.2) is 0 Å². The molecular formula is C15H23NO. The van der Waals surface area contributed by atoms with Gasteiger partial charge < -0.3 is 10.5 Å². The first-order valence-electron chi connectivity index (χ1n) is 6.53. The monoisotopic (exact) mass is 233 g/mol. The van der Waals surface area contributed by atoms with Crippen LogP contribution in [0.2, 0.25) is 0 Å². The van der Waals surface area contributed by atoms with Gasteiger partial charge >= 0.3 is 0 Å². The van der Waals surface area contributed by atoms with Crippen molar-refractivity contribution < 1.29 is 4.74 Å². The second-order valence-corrected chi connectivity index (χ2v) is 5.40. The van der Waals surface area contributed by atoms with Crippen molar-refractivity contribution in [1.82, 2.24) is 0 Å². The Labute approximate surface area is 104 Å². The highest BCUT2D eigenvalue weighted by molar-refractivity contribution is 5.40. The number of ether oxygens (including phenoxy) is 1. The number of hydrogen-bond donors (Lipinski definition) is 1. The first-order chi connectivity index (χ1) is 8.09. The van der Waals surface area contributed by atoms with Gasteiger partial charge in [-0.3, -0.25) is 0 Å². The number of hydrogen-bond acceptors (Lipinski definition) is 2. The van der Waals surface area contributed by atoms with Crippen LogP contribution in [0, 0.1) is 12.8 Å². The predicted octanol–water partition coefficient (Wildman–Crippen LogP) is 3.37. The van der Waals surface area contributed by atoms with E-state index < -0.39 is 0 Å². The van der Waals surface area contributed by atoms with Crippen LogP contribution in [-0.2, 0) is 5.54 Å². The minimum absolute atomic E-state index is 0.110. The Balaban J connectivity index is 2.13. The maximum Gasteiger partial charge on any atom is 0.122 e. The van der Waals surface area contributed by atoms with E-state index in [2.05, 4.69) is 32.0 Å². The zero-order chi connectivity index (χ0) is 12.5. The number of methoxy groups -OCH3 is 1. The van der Waals surface area contributed by atoms with Crippen molar-refractivity contribution in [1.29, 1.82) is 0 Å². The van der Waals surface area contributed by atoms with Crippen LogP contribution in [0.1, 0.15) is 43.7 Å². The molecular weight excluding hydrogens is 210 g/mol. The van der Waals surface area contributed by atoms with Crippen LogP contribution in [-0.4, -0.2) is 7.11 Å². The van der Waals surface area contributed by atoms with E-state index in [-0.39, 0.29) is 5.54 Å². The summed E-state index contributed by atoms with van der Waals surface area (Å²) in [5, 5.41) is 0. The molecule has 1 fully saturated rings. The zero-order valence-electron chi connectivity index (χ0n) is 11.1. The van der Waals surface area contributed by atoms with Crippen LogP contribution >= 0.6 is 0 Å². The van der Waals surface area contributed by atoms with Gasteiger partial charge in [-0.15, -0.1) is 0 Å². The molecule has 0 bridgehead atoms. The SMILES string of the molecule is CCCC1CC(N)(c2ccc(C)c(OC)c2)C1. The largest absolute Gasteiger partial charge is 0.496 e. The highest BCUT2D eigenvalue weighted by atomic mass is 16.5. The van der Waals surface area contributed by atoms with E-state index in [4.69, 9.17) is 10.5 Å². The molecule has 0 atom stereocenters. The number of rotatable bonds is 4. The summed E-state index contributed by atoms with van der Waals surface area (Å²) in [7, 11) is 1.72. The molecule has 0 saturated heterocycles. The summed E-state index contributed by atoms with van der Waals surface area (Å²) in [5.41, 5.74) is 8.75. The molecule has 2 N–H and O–H groups in total. The van der Waals surface area contributed by atoms with Crippen molar-refractivity contribution in [2.75, 3.05) is 7.11 Å². The summed E-state index contributed by atoms with van der Waals surface area (Å²) in [6.45, 7) is 4.30. The van der Waals surface area contributed by atoms with E-state index in [0.717, 1.165) is 24.5 Å². The lowest BCUT2D eigenvalue weighted by molar-refractivity contribution is 0.137. The fraction of sp³-hybridized carbons (Fsp3) is 0.600. The molecule has 0 aliphatic heterocycles. The lowest BCUT2D eigenvalue weighted by atomic mass is 9.64. The maximum atomic E-state index is 6.46. The van der Waals surface area contributed by atoms with E-state index in [1.807, 2.05) is 0 Å². The van der Waals surface area contributed by atoms with Crippen molar-refractivity contribution in [3.05, 3.63) is 29.3 Å². The summed E-state index contributed by atoms with van der Waals surface area (Å²) in [6.07, 6.45) is 4.81. The minimum Gasteiger partial charge on any atom is -0.496 e. The van der Waals surface area contributed by atoms with Gasteiger partial charge in [-0.05, 0) is 42.9 Å². The molecule has 0 unspecified atom stereocenters. The number of aryl methyl sites for hydroxylation is 1. The molecule has 1 aromatic rings. The normalized spacial score (nSPS) is 27.6. The zero-order valence-corrected chi connectivity index (χ0v) is 11.1. The van der Waals surface area contributed by atoms with E-state index >= 15 is 0 Å². The van der Waals surface area contributed by atoms with E-state index in [1.165, 1.54) is 24.0 Å². The van der Waals surface area contributed by atoms with Crippen LogP contribution in [0.5, 0.6) is 5.75 Å². The third-order valence-electron chi connectivity index (χ3n) is 3.99. The second-order valence-electron chi connectivity index (χ2n) is 5.40. The molecule has 2 heteroatoms. The number of nitrogens with two attached hydrogens (primary N) is 1. The summed E-state index contributed by atoms with van der Waals surface area (Å²) in [4.78, 5) is 0. The fourth-order valence-corrected chi connectivity index (χ4v) is 2.95. The molecule has 17 heavy (non-hydrogen) atoms. The summed E-state index contributed by atoms with van der Waals surface area (Å²) in [6, 6.07) is 6.37. The van der Waals surface area contributed by atoms with Crippen LogP contribution in [0.25, 0.3) is 0 Å². The predicted molar refractivity (Wildman–Crippen MR) is 71.2 cm³/mol. The third-order valence-corrected chi connectivity index (χ3v) is 3.99. The quantitative estimate of drug-likeness (QED) is 0.865. The van der Waals surface area contributed by atoms with Crippen LogP contribution in [0.3, 0.4) is 0 Å². The van der Waals surface area contributed by atoms with Gasteiger partial charge in [0.2, 0.25) is 0 Å². The highest BCUT2D eigenvalue weighted by Crippen LogP contribution is 2.46. The topological polar surface area (TPSA) is 35.2 Å². The Morgan fingerprint density at radius 3 is 2.71 bits per heavy atom. The average Bonchev–Trinajstić information content (AvgIpc) is 2.27. The molecule has 1 aliphatic carbocycles. The Kier molecular flexibility index (Phi) is 3.43. The highest BCUT2D eigenvalue weighted by Gasteiger charge is 2.41. The molecule has 2 nitrogen and oxygen atoms in total. The van der Waals surface area contributed by atoms with Crippen molar-refractivity contribution in [2.24, 2.45) is 11.7 Å². The fourth-order valence-electron chi connectivity index (χ4n) is 2.95. The molecule has 2 rings (SSSR count). The smallest absolute Gasteiger partial charge is 0.122 e. The maximum absolute atomic E-state index is 6.46. The molecule has 1 saturated carbocycles. The van der Waals surface area contributed by atoms with Gasteiger partial charge in [-0.1, -0.05) is 31.9 Å². The van der Waals surface area contributed by atoms with Gasteiger partial charge in [-0.2, -0.15) is 0 Å². The molecule has 0 heterocycles. The van der Waals surface area contributed by atoms with E-state index in [1.54, 1.807) is 7.11 Å². The Morgan fingerprint density at radius 1 is 1.41 bits per heavy atom. The van der Waals surface area contributed by atoms with Crippen molar-refractivity contribution in [2.45, 2.75) is 45.1 Å². The lowest BCUT2D eigenvalue weighted by Crippen LogP contribution is -2.48. The third kappa shape index (κ3) is 2.32. The van der Waals surface area contributed by atoms with Gasteiger partial charge in [0.25, 0.3) is 0 Å². The Hall–Kier alpha value is -1.02. The number of benzene rings is 1. The molecule has 0 spiro atoms. The average molecular weight is 233 g/mol. The van der Waals surface area contributed by atoms with Crippen molar-refractivity contribution >= 4 is 0 Å². The Morgan fingerprint density at radius 2 is 2.12 bits per heavy atom. The minimum atomic E-state index is -0.110. The van der Waals surface area contributed by atoms with Gasteiger partial charge in [0, 0.05) is 5.54 Å².